The number of nitrogens with zero attached hydrogens (tertiary/aromatic N) is 3. The lowest BCUT2D eigenvalue weighted by Crippen LogP contribution is -2.53. The highest BCUT2D eigenvalue weighted by molar-refractivity contribution is 7.17. The minimum Gasteiger partial charge on any atom is -0.397 e. The highest BCUT2D eigenvalue weighted by Crippen LogP contribution is 2.32. The van der Waals surface area contributed by atoms with Gasteiger partial charge in [-0.25, -0.2) is 4.98 Å². The number of aromatic nitrogens is 3. The molecule has 0 bridgehead atoms. The van der Waals surface area contributed by atoms with Crippen LogP contribution in [0.25, 0.3) is 32.6 Å². The van der Waals surface area contributed by atoms with E-state index in [-0.39, 0.29) is 11.1 Å². The van der Waals surface area contributed by atoms with Crippen LogP contribution in [-0.2, 0) is 0 Å². The molecule has 7 nitrogen and oxygen atoms in total. The van der Waals surface area contributed by atoms with Crippen molar-refractivity contribution in [3.05, 3.63) is 40.0 Å². The number of hydrogen-bond acceptors (Lipinski definition) is 6. The molecule has 3 aromatic heterocycles. The molecule has 1 fully saturated rings. The SMILES string of the molecule is CC(C)(C)N1CCN(c2ccc3nc(-c4c(N)c5sccc5[nH]c4=O)[nH]c3c2)CC1. The number of rotatable bonds is 2. The topological polar surface area (TPSA) is 94.0 Å². The van der Waals surface area contributed by atoms with E-state index < -0.39 is 0 Å². The van der Waals surface area contributed by atoms with Gasteiger partial charge in [0.15, 0.2) is 0 Å². The number of benzene rings is 1. The van der Waals surface area contributed by atoms with Crippen LogP contribution in [-0.4, -0.2) is 51.6 Å². The average molecular weight is 423 g/mol. The van der Waals surface area contributed by atoms with Crippen molar-refractivity contribution in [1.82, 2.24) is 19.9 Å². The third-order valence-corrected chi connectivity index (χ3v) is 6.90. The summed E-state index contributed by atoms with van der Waals surface area (Å²) in [5, 5.41) is 1.92. The van der Waals surface area contributed by atoms with Crippen LogP contribution in [0.3, 0.4) is 0 Å². The Hall–Kier alpha value is -2.84. The van der Waals surface area contributed by atoms with Gasteiger partial charge in [0, 0.05) is 37.4 Å². The second-order valence-electron chi connectivity index (χ2n) is 8.84. The van der Waals surface area contributed by atoms with Gasteiger partial charge in [-0.15, -0.1) is 11.3 Å². The Morgan fingerprint density at radius 1 is 1.07 bits per heavy atom. The summed E-state index contributed by atoms with van der Waals surface area (Å²) in [7, 11) is 0. The zero-order valence-corrected chi connectivity index (χ0v) is 18.3. The van der Waals surface area contributed by atoms with Crippen LogP contribution in [0.5, 0.6) is 0 Å². The molecule has 4 aromatic rings. The van der Waals surface area contributed by atoms with Gasteiger partial charge in [-0.1, -0.05) is 0 Å². The molecular weight excluding hydrogens is 396 g/mol. The molecule has 0 amide bonds. The average Bonchev–Trinajstić information content (AvgIpc) is 3.33. The molecule has 156 valence electrons. The third kappa shape index (κ3) is 3.16. The molecule has 0 unspecified atom stereocenters. The number of anilines is 2. The fourth-order valence-electron chi connectivity index (χ4n) is 4.22. The van der Waals surface area contributed by atoms with Crippen LogP contribution in [0.2, 0.25) is 0 Å². The summed E-state index contributed by atoms with van der Waals surface area (Å²) in [6.07, 6.45) is 0. The first-order chi connectivity index (χ1) is 14.3. The number of hydrogen-bond donors (Lipinski definition) is 3. The normalized spacial score (nSPS) is 16.0. The largest absolute Gasteiger partial charge is 0.397 e. The lowest BCUT2D eigenvalue weighted by atomic mass is 10.0. The predicted molar refractivity (Wildman–Crippen MR) is 125 cm³/mol. The number of thiophene rings is 1. The van der Waals surface area contributed by atoms with Crippen molar-refractivity contribution in [2.24, 2.45) is 0 Å². The second-order valence-corrected chi connectivity index (χ2v) is 9.75. The van der Waals surface area contributed by atoms with Crippen molar-refractivity contribution in [2.75, 3.05) is 36.8 Å². The quantitative estimate of drug-likeness (QED) is 0.459. The number of H-pyrrole nitrogens is 2. The highest BCUT2D eigenvalue weighted by atomic mass is 32.1. The molecule has 4 N–H and O–H groups in total. The molecule has 5 rings (SSSR count). The maximum Gasteiger partial charge on any atom is 0.261 e. The molecule has 0 atom stereocenters. The lowest BCUT2D eigenvalue weighted by molar-refractivity contribution is 0.128. The van der Waals surface area contributed by atoms with E-state index in [1.165, 1.54) is 17.0 Å². The molecule has 0 aliphatic carbocycles. The molecule has 1 aliphatic rings. The molecule has 8 heteroatoms. The predicted octanol–water partition coefficient (Wildman–Crippen LogP) is 3.64. The summed E-state index contributed by atoms with van der Waals surface area (Å²) in [6.45, 7) is 10.9. The van der Waals surface area contributed by atoms with Crippen molar-refractivity contribution in [2.45, 2.75) is 26.3 Å². The summed E-state index contributed by atoms with van der Waals surface area (Å²) in [5.41, 5.74) is 10.8. The van der Waals surface area contributed by atoms with E-state index in [9.17, 15) is 4.79 Å². The van der Waals surface area contributed by atoms with Gasteiger partial charge in [-0.2, -0.15) is 0 Å². The summed E-state index contributed by atoms with van der Waals surface area (Å²) in [6, 6.07) is 8.10. The Labute approximate surface area is 178 Å². The van der Waals surface area contributed by atoms with E-state index in [2.05, 4.69) is 57.7 Å². The number of pyridine rings is 1. The Morgan fingerprint density at radius 2 is 1.83 bits per heavy atom. The van der Waals surface area contributed by atoms with Crippen LogP contribution < -0.4 is 16.2 Å². The van der Waals surface area contributed by atoms with Crippen LogP contribution in [0.4, 0.5) is 11.4 Å². The summed E-state index contributed by atoms with van der Waals surface area (Å²) >= 11 is 1.51. The molecule has 0 radical (unpaired) electrons. The van der Waals surface area contributed by atoms with E-state index in [4.69, 9.17) is 5.73 Å². The van der Waals surface area contributed by atoms with Crippen LogP contribution in [0.1, 0.15) is 20.8 Å². The molecule has 30 heavy (non-hydrogen) atoms. The number of piperazine rings is 1. The molecule has 0 spiro atoms. The Bertz CT molecular complexity index is 1290. The first kappa shape index (κ1) is 19.1. The monoisotopic (exact) mass is 422 g/mol. The maximum atomic E-state index is 12.7. The van der Waals surface area contributed by atoms with E-state index in [1.807, 2.05) is 17.5 Å². The number of imidazole rings is 1. The van der Waals surface area contributed by atoms with Gasteiger partial charge >= 0.3 is 0 Å². The van der Waals surface area contributed by atoms with Crippen molar-refractivity contribution in [1.29, 1.82) is 0 Å². The number of nitrogens with one attached hydrogen (secondary N) is 2. The lowest BCUT2D eigenvalue weighted by Gasteiger charge is -2.43. The van der Waals surface area contributed by atoms with E-state index in [0.717, 1.165) is 47.4 Å². The smallest absolute Gasteiger partial charge is 0.261 e. The number of nitrogen functional groups attached to an aromatic ring is 1. The Kier molecular flexibility index (Phi) is 4.37. The first-order valence-electron chi connectivity index (χ1n) is 10.2. The van der Waals surface area contributed by atoms with E-state index >= 15 is 0 Å². The molecule has 4 heterocycles. The summed E-state index contributed by atoms with van der Waals surface area (Å²) in [4.78, 5) is 28.4. The van der Waals surface area contributed by atoms with Crippen LogP contribution >= 0.6 is 11.3 Å². The van der Waals surface area contributed by atoms with Crippen molar-refractivity contribution < 1.29 is 0 Å². The van der Waals surface area contributed by atoms with Crippen molar-refractivity contribution in [3.8, 4) is 11.4 Å². The number of fused-ring (bicyclic) bond motifs is 2. The van der Waals surface area contributed by atoms with Gasteiger partial charge in [0.05, 0.1) is 26.9 Å². The molecular formula is C22H26N6OS. The van der Waals surface area contributed by atoms with Crippen molar-refractivity contribution in [3.63, 3.8) is 0 Å². The fraction of sp³-hybridized carbons (Fsp3) is 0.364. The van der Waals surface area contributed by atoms with E-state index in [0.29, 0.717) is 17.1 Å². The fourth-order valence-corrected chi connectivity index (χ4v) is 5.04. The van der Waals surface area contributed by atoms with Crippen LogP contribution in [0.15, 0.2) is 34.4 Å². The Balaban J connectivity index is 1.48. The molecule has 1 saturated heterocycles. The summed E-state index contributed by atoms with van der Waals surface area (Å²) in [5.74, 6) is 0.508. The van der Waals surface area contributed by atoms with Gasteiger partial charge in [0.1, 0.15) is 11.4 Å². The standard InChI is InChI=1S/C22H26N6OS/c1-22(2,3)28-9-7-27(8-10-28)13-4-5-14-16(12-13)25-20(24-14)17-18(23)19-15(6-11-30-19)26-21(17)29/h4-6,11-12H,7-10H2,1-3H3,(H,24,25)(H3,23,26,29). The van der Waals surface area contributed by atoms with Gasteiger partial charge < -0.3 is 20.6 Å². The third-order valence-electron chi connectivity index (χ3n) is 5.95. The number of nitrogens with two attached hydrogens (primary N) is 1. The minimum absolute atomic E-state index is 0.199. The van der Waals surface area contributed by atoms with E-state index in [1.54, 1.807) is 0 Å². The van der Waals surface area contributed by atoms with Gasteiger partial charge in [0.2, 0.25) is 0 Å². The van der Waals surface area contributed by atoms with Gasteiger partial charge in [0.25, 0.3) is 5.56 Å². The molecule has 0 saturated carbocycles. The van der Waals surface area contributed by atoms with Gasteiger partial charge in [-0.05, 0) is 50.4 Å². The Morgan fingerprint density at radius 3 is 2.57 bits per heavy atom. The van der Waals surface area contributed by atoms with Gasteiger partial charge in [-0.3, -0.25) is 9.69 Å². The molecule has 1 aromatic carbocycles. The maximum absolute atomic E-state index is 12.7. The first-order valence-corrected chi connectivity index (χ1v) is 11.1. The van der Waals surface area contributed by atoms with Crippen molar-refractivity contribution >= 4 is 44.0 Å². The van der Waals surface area contributed by atoms with Crippen LogP contribution in [0, 0.1) is 0 Å². The zero-order chi connectivity index (χ0) is 21.0. The minimum atomic E-state index is -0.226. The molecule has 1 aliphatic heterocycles. The second kappa shape index (κ2) is 6.85. The number of aromatic amines is 2. The highest BCUT2D eigenvalue weighted by Gasteiger charge is 2.26. The zero-order valence-electron chi connectivity index (χ0n) is 17.5. The summed E-state index contributed by atoms with van der Waals surface area (Å²) < 4.78 is 0.877.